The first-order chi connectivity index (χ1) is 9.25. The molecule has 1 aliphatic carbocycles. The highest BCUT2D eigenvalue weighted by Crippen LogP contribution is 2.36. The molecule has 0 saturated heterocycles. The average Bonchev–Trinajstić information content (AvgIpc) is 3.25. The Bertz CT molecular complexity index is 571. The topological polar surface area (TPSA) is 67.9 Å². The van der Waals surface area contributed by atoms with Crippen molar-refractivity contribution in [3.8, 4) is 0 Å². The predicted octanol–water partition coefficient (Wildman–Crippen LogP) is 2.28. The molecule has 3 rings (SSSR count). The van der Waals surface area contributed by atoms with Gasteiger partial charge in [0.05, 0.1) is 0 Å². The lowest BCUT2D eigenvalue weighted by Crippen LogP contribution is -2.26. The van der Waals surface area contributed by atoms with Crippen molar-refractivity contribution in [2.75, 3.05) is 10.6 Å². The van der Waals surface area contributed by atoms with Crippen LogP contribution in [-0.2, 0) is 6.54 Å². The third-order valence-electron chi connectivity index (χ3n) is 3.13. The standard InChI is InChI=1S/C13H14ClN5/c14-11-12(15)17-8-18-13(11)19(10-3-4-10)7-9-2-1-5-16-6-9/h1-2,5-6,8,10H,3-4,7H2,(H2,15,17,18). The molecule has 1 fully saturated rings. The highest BCUT2D eigenvalue weighted by Gasteiger charge is 2.31. The number of anilines is 2. The Morgan fingerprint density at radius 1 is 1.37 bits per heavy atom. The lowest BCUT2D eigenvalue weighted by Gasteiger charge is -2.24. The van der Waals surface area contributed by atoms with Crippen molar-refractivity contribution in [2.24, 2.45) is 0 Å². The molecular weight excluding hydrogens is 262 g/mol. The molecule has 19 heavy (non-hydrogen) atoms. The van der Waals surface area contributed by atoms with Crippen molar-refractivity contribution in [2.45, 2.75) is 25.4 Å². The number of hydrogen-bond donors (Lipinski definition) is 1. The average molecular weight is 276 g/mol. The van der Waals surface area contributed by atoms with Gasteiger partial charge in [-0.25, -0.2) is 9.97 Å². The third kappa shape index (κ3) is 2.61. The number of halogens is 1. The van der Waals surface area contributed by atoms with Gasteiger partial charge in [-0.15, -0.1) is 0 Å². The summed E-state index contributed by atoms with van der Waals surface area (Å²) in [6.07, 6.45) is 7.38. The van der Waals surface area contributed by atoms with Crippen LogP contribution in [0.3, 0.4) is 0 Å². The van der Waals surface area contributed by atoms with E-state index in [0.29, 0.717) is 22.7 Å². The van der Waals surface area contributed by atoms with E-state index in [2.05, 4.69) is 19.9 Å². The molecule has 0 spiro atoms. The van der Waals surface area contributed by atoms with Crippen LogP contribution in [0.4, 0.5) is 11.6 Å². The zero-order valence-electron chi connectivity index (χ0n) is 10.3. The summed E-state index contributed by atoms with van der Waals surface area (Å²) in [4.78, 5) is 14.5. The third-order valence-corrected chi connectivity index (χ3v) is 3.50. The quantitative estimate of drug-likeness (QED) is 0.927. The monoisotopic (exact) mass is 275 g/mol. The van der Waals surface area contributed by atoms with Gasteiger partial charge in [-0.3, -0.25) is 4.98 Å². The Balaban J connectivity index is 1.91. The SMILES string of the molecule is Nc1ncnc(N(Cc2cccnc2)C2CC2)c1Cl. The molecule has 0 atom stereocenters. The Hall–Kier alpha value is -1.88. The summed E-state index contributed by atoms with van der Waals surface area (Å²) in [5.41, 5.74) is 6.88. The minimum absolute atomic E-state index is 0.323. The van der Waals surface area contributed by atoms with Gasteiger partial charge in [-0.05, 0) is 24.5 Å². The van der Waals surface area contributed by atoms with E-state index in [1.807, 2.05) is 18.3 Å². The van der Waals surface area contributed by atoms with E-state index in [-0.39, 0.29) is 0 Å². The molecule has 2 aromatic rings. The zero-order valence-corrected chi connectivity index (χ0v) is 11.1. The molecule has 2 aromatic heterocycles. The maximum atomic E-state index is 6.22. The molecule has 6 heteroatoms. The predicted molar refractivity (Wildman–Crippen MR) is 74.9 cm³/mol. The molecule has 2 N–H and O–H groups in total. The van der Waals surface area contributed by atoms with Crippen molar-refractivity contribution in [1.82, 2.24) is 15.0 Å². The second kappa shape index (κ2) is 5.01. The molecule has 2 heterocycles. The van der Waals surface area contributed by atoms with Crippen molar-refractivity contribution < 1.29 is 0 Å². The second-order valence-corrected chi connectivity index (χ2v) is 4.99. The lowest BCUT2D eigenvalue weighted by molar-refractivity contribution is 0.773. The van der Waals surface area contributed by atoms with Gasteiger partial charge in [0.1, 0.15) is 17.2 Å². The van der Waals surface area contributed by atoms with Gasteiger partial charge in [0, 0.05) is 25.0 Å². The van der Waals surface area contributed by atoms with Crippen LogP contribution in [0.5, 0.6) is 0 Å². The molecular formula is C13H14ClN5. The first kappa shape index (κ1) is 12.2. The second-order valence-electron chi connectivity index (χ2n) is 4.62. The van der Waals surface area contributed by atoms with Crippen molar-refractivity contribution >= 4 is 23.2 Å². The molecule has 1 aliphatic rings. The van der Waals surface area contributed by atoms with Crippen LogP contribution < -0.4 is 10.6 Å². The largest absolute Gasteiger partial charge is 0.382 e. The zero-order chi connectivity index (χ0) is 13.2. The van der Waals surface area contributed by atoms with E-state index in [1.54, 1.807) is 6.20 Å². The molecule has 98 valence electrons. The minimum Gasteiger partial charge on any atom is -0.382 e. The minimum atomic E-state index is 0.323. The summed E-state index contributed by atoms with van der Waals surface area (Å²) in [6.45, 7) is 0.731. The molecule has 0 aromatic carbocycles. The van der Waals surface area contributed by atoms with Gasteiger partial charge in [-0.2, -0.15) is 0 Å². The summed E-state index contributed by atoms with van der Waals surface area (Å²) in [7, 11) is 0. The Morgan fingerprint density at radius 2 is 2.21 bits per heavy atom. The lowest BCUT2D eigenvalue weighted by atomic mass is 10.2. The van der Waals surface area contributed by atoms with Gasteiger partial charge in [0.15, 0.2) is 5.82 Å². The first-order valence-corrected chi connectivity index (χ1v) is 6.55. The molecule has 0 amide bonds. The number of rotatable bonds is 4. The van der Waals surface area contributed by atoms with Crippen LogP contribution in [0.1, 0.15) is 18.4 Å². The summed E-state index contributed by atoms with van der Waals surface area (Å²) < 4.78 is 0. The molecule has 1 saturated carbocycles. The van der Waals surface area contributed by atoms with E-state index >= 15 is 0 Å². The summed E-state index contributed by atoms with van der Waals surface area (Å²) in [6, 6.07) is 4.45. The fourth-order valence-corrected chi connectivity index (χ4v) is 2.23. The van der Waals surface area contributed by atoms with Crippen LogP contribution >= 0.6 is 11.6 Å². The maximum absolute atomic E-state index is 6.22. The van der Waals surface area contributed by atoms with Gasteiger partial charge in [0.2, 0.25) is 0 Å². The molecule has 0 bridgehead atoms. The van der Waals surface area contributed by atoms with Gasteiger partial charge >= 0.3 is 0 Å². The number of aromatic nitrogens is 3. The smallest absolute Gasteiger partial charge is 0.153 e. The number of nitrogens with zero attached hydrogens (tertiary/aromatic N) is 4. The number of nitrogen functional groups attached to an aromatic ring is 1. The number of pyridine rings is 1. The van der Waals surface area contributed by atoms with E-state index in [4.69, 9.17) is 17.3 Å². The van der Waals surface area contributed by atoms with Crippen molar-refractivity contribution in [3.63, 3.8) is 0 Å². The molecule has 5 nitrogen and oxygen atoms in total. The van der Waals surface area contributed by atoms with Gasteiger partial charge in [0.25, 0.3) is 0 Å². The van der Waals surface area contributed by atoms with Crippen molar-refractivity contribution in [3.05, 3.63) is 41.4 Å². The van der Waals surface area contributed by atoms with E-state index < -0.39 is 0 Å². The molecule has 0 unspecified atom stereocenters. The van der Waals surface area contributed by atoms with Gasteiger partial charge in [-0.1, -0.05) is 17.7 Å². The van der Waals surface area contributed by atoms with Crippen LogP contribution in [0, 0.1) is 0 Å². The van der Waals surface area contributed by atoms with Crippen LogP contribution in [-0.4, -0.2) is 21.0 Å². The Morgan fingerprint density at radius 3 is 2.89 bits per heavy atom. The normalized spacial score (nSPS) is 14.4. The van der Waals surface area contributed by atoms with Crippen LogP contribution in [0.2, 0.25) is 5.02 Å². The van der Waals surface area contributed by atoms with E-state index in [0.717, 1.165) is 24.9 Å². The first-order valence-electron chi connectivity index (χ1n) is 6.17. The summed E-state index contributed by atoms with van der Waals surface area (Å²) in [5, 5.41) is 0.429. The molecule has 0 radical (unpaired) electrons. The van der Waals surface area contributed by atoms with Gasteiger partial charge < -0.3 is 10.6 Å². The Kier molecular flexibility index (Phi) is 3.21. The summed E-state index contributed by atoms with van der Waals surface area (Å²) >= 11 is 6.22. The Labute approximate surface area is 116 Å². The fourth-order valence-electron chi connectivity index (χ4n) is 2.03. The number of nitrogens with two attached hydrogens (primary N) is 1. The van der Waals surface area contributed by atoms with E-state index in [9.17, 15) is 0 Å². The highest BCUT2D eigenvalue weighted by atomic mass is 35.5. The van der Waals surface area contributed by atoms with E-state index in [1.165, 1.54) is 6.33 Å². The maximum Gasteiger partial charge on any atom is 0.153 e. The molecule has 0 aliphatic heterocycles. The number of hydrogen-bond acceptors (Lipinski definition) is 5. The van der Waals surface area contributed by atoms with Crippen molar-refractivity contribution in [1.29, 1.82) is 0 Å². The van der Waals surface area contributed by atoms with Crippen LogP contribution in [0.25, 0.3) is 0 Å². The van der Waals surface area contributed by atoms with Crippen LogP contribution in [0.15, 0.2) is 30.9 Å². The summed E-state index contributed by atoms with van der Waals surface area (Å²) in [5.74, 6) is 1.03. The fraction of sp³-hybridized carbons (Fsp3) is 0.308. The highest BCUT2D eigenvalue weighted by molar-refractivity contribution is 6.35.